The molecule has 1 aliphatic heterocycles. The zero-order valence-electron chi connectivity index (χ0n) is 13.5. The number of nitrogens with zero attached hydrogens (tertiary/aromatic N) is 4. The second kappa shape index (κ2) is 6.32. The van der Waals surface area contributed by atoms with Crippen LogP contribution in [0.1, 0.15) is 27.4 Å². The molecule has 0 atom stereocenters. The van der Waals surface area contributed by atoms with Crippen LogP contribution in [0.3, 0.4) is 0 Å². The highest BCUT2D eigenvalue weighted by Crippen LogP contribution is 2.24. The van der Waals surface area contributed by atoms with Crippen LogP contribution in [0.5, 0.6) is 0 Å². The number of aromatic nitrogens is 1. The van der Waals surface area contributed by atoms with Crippen LogP contribution >= 0.6 is 0 Å². The molecule has 0 unspecified atom stereocenters. The van der Waals surface area contributed by atoms with Crippen molar-refractivity contribution >= 4 is 11.6 Å². The fourth-order valence-electron chi connectivity index (χ4n) is 2.98. The molecular formula is C17H17FN4O2. The Kier molecular flexibility index (Phi) is 4.21. The summed E-state index contributed by atoms with van der Waals surface area (Å²) in [4.78, 5) is 16.3. The van der Waals surface area contributed by atoms with Gasteiger partial charge in [-0.1, -0.05) is 11.2 Å². The molecule has 6 nitrogen and oxygen atoms in total. The summed E-state index contributed by atoms with van der Waals surface area (Å²) in [6.45, 7) is 5.51. The monoisotopic (exact) mass is 328 g/mol. The third-order valence-corrected chi connectivity index (χ3v) is 4.26. The van der Waals surface area contributed by atoms with Gasteiger partial charge in [-0.15, -0.1) is 0 Å². The molecular weight excluding hydrogens is 311 g/mol. The van der Waals surface area contributed by atoms with Crippen LogP contribution in [-0.2, 0) is 0 Å². The van der Waals surface area contributed by atoms with E-state index < -0.39 is 5.82 Å². The highest BCUT2D eigenvalue weighted by molar-refractivity contribution is 5.96. The molecule has 2 heterocycles. The van der Waals surface area contributed by atoms with Gasteiger partial charge in [-0.3, -0.25) is 4.79 Å². The minimum absolute atomic E-state index is 0.0444. The Labute approximate surface area is 139 Å². The smallest absolute Gasteiger partial charge is 0.259 e. The third-order valence-electron chi connectivity index (χ3n) is 4.26. The first kappa shape index (κ1) is 16.0. The zero-order chi connectivity index (χ0) is 17.3. The van der Waals surface area contributed by atoms with Crippen molar-refractivity contribution in [1.82, 2.24) is 10.1 Å². The van der Waals surface area contributed by atoms with Crippen molar-refractivity contribution in [2.75, 3.05) is 31.1 Å². The van der Waals surface area contributed by atoms with Crippen LogP contribution in [-0.4, -0.2) is 42.1 Å². The second-order valence-corrected chi connectivity index (χ2v) is 5.72. The van der Waals surface area contributed by atoms with Crippen molar-refractivity contribution in [2.24, 2.45) is 0 Å². The van der Waals surface area contributed by atoms with E-state index in [1.165, 1.54) is 6.07 Å². The zero-order valence-corrected chi connectivity index (χ0v) is 13.5. The number of halogens is 1. The average Bonchev–Trinajstić information content (AvgIpc) is 2.93. The van der Waals surface area contributed by atoms with Crippen molar-refractivity contribution < 1.29 is 13.7 Å². The van der Waals surface area contributed by atoms with E-state index in [-0.39, 0.29) is 11.5 Å². The van der Waals surface area contributed by atoms with E-state index in [1.54, 1.807) is 30.9 Å². The average molecular weight is 328 g/mol. The van der Waals surface area contributed by atoms with E-state index in [0.717, 1.165) is 0 Å². The number of hydrogen-bond donors (Lipinski definition) is 0. The van der Waals surface area contributed by atoms with Gasteiger partial charge in [0.05, 0.1) is 11.4 Å². The Balaban J connectivity index is 1.74. The summed E-state index contributed by atoms with van der Waals surface area (Å²) >= 11 is 0. The van der Waals surface area contributed by atoms with Crippen LogP contribution < -0.4 is 4.90 Å². The predicted molar refractivity (Wildman–Crippen MR) is 85.2 cm³/mol. The number of anilines is 1. The van der Waals surface area contributed by atoms with Crippen LogP contribution in [0.2, 0.25) is 0 Å². The van der Waals surface area contributed by atoms with E-state index >= 15 is 0 Å². The Hall–Kier alpha value is -2.88. The molecule has 2 aromatic rings. The van der Waals surface area contributed by atoms with Gasteiger partial charge < -0.3 is 14.3 Å². The lowest BCUT2D eigenvalue weighted by Crippen LogP contribution is -2.49. The summed E-state index contributed by atoms with van der Waals surface area (Å²) in [5, 5.41) is 13.0. The molecule has 3 rings (SSSR count). The maximum atomic E-state index is 13.8. The summed E-state index contributed by atoms with van der Waals surface area (Å²) in [5.74, 6) is -0.119. The molecule has 1 aromatic heterocycles. The summed E-state index contributed by atoms with van der Waals surface area (Å²) < 4.78 is 18.8. The SMILES string of the molecule is Cc1noc(C)c1C(=O)N1CCN(c2cccc(F)c2C#N)CC1. The van der Waals surface area contributed by atoms with Crippen LogP contribution in [0.4, 0.5) is 10.1 Å². The van der Waals surface area contributed by atoms with Gasteiger partial charge in [0.15, 0.2) is 0 Å². The Morgan fingerprint density at radius 3 is 2.58 bits per heavy atom. The summed E-state index contributed by atoms with van der Waals surface area (Å²) in [6, 6.07) is 6.51. The van der Waals surface area contributed by atoms with Crippen molar-refractivity contribution in [3.05, 3.63) is 46.6 Å². The van der Waals surface area contributed by atoms with Gasteiger partial charge in [0.1, 0.15) is 28.8 Å². The normalized spacial score (nSPS) is 14.6. The molecule has 1 aliphatic rings. The quantitative estimate of drug-likeness (QED) is 0.845. The van der Waals surface area contributed by atoms with Gasteiger partial charge >= 0.3 is 0 Å². The number of amides is 1. The molecule has 7 heteroatoms. The number of carbonyl (C=O) groups excluding carboxylic acids is 1. The van der Waals surface area contributed by atoms with E-state index in [4.69, 9.17) is 9.78 Å². The molecule has 1 saturated heterocycles. The van der Waals surface area contributed by atoms with Crippen molar-refractivity contribution in [3.8, 4) is 6.07 Å². The molecule has 0 spiro atoms. The highest BCUT2D eigenvalue weighted by Gasteiger charge is 2.27. The van der Waals surface area contributed by atoms with Gasteiger partial charge in [-0.2, -0.15) is 5.26 Å². The highest BCUT2D eigenvalue weighted by atomic mass is 19.1. The Morgan fingerprint density at radius 2 is 2.00 bits per heavy atom. The molecule has 1 amide bonds. The first-order valence-electron chi connectivity index (χ1n) is 7.68. The maximum absolute atomic E-state index is 13.8. The number of aryl methyl sites for hydroxylation is 2. The van der Waals surface area contributed by atoms with E-state index in [0.29, 0.717) is 48.9 Å². The Bertz CT molecular complexity index is 797. The van der Waals surface area contributed by atoms with Crippen molar-refractivity contribution in [3.63, 3.8) is 0 Å². The minimum Gasteiger partial charge on any atom is -0.367 e. The molecule has 1 fully saturated rings. The van der Waals surface area contributed by atoms with E-state index in [9.17, 15) is 9.18 Å². The molecule has 24 heavy (non-hydrogen) atoms. The van der Waals surface area contributed by atoms with Crippen LogP contribution in [0, 0.1) is 31.0 Å². The molecule has 0 N–H and O–H groups in total. The van der Waals surface area contributed by atoms with Gasteiger partial charge in [-0.25, -0.2) is 4.39 Å². The fourth-order valence-corrected chi connectivity index (χ4v) is 2.98. The number of nitriles is 1. The lowest BCUT2D eigenvalue weighted by molar-refractivity contribution is 0.0744. The van der Waals surface area contributed by atoms with Gasteiger partial charge in [-0.05, 0) is 26.0 Å². The number of rotatable bonds is 2. The van der Waals surface area contributed by atoms with Gasteiger partial charge in [0, 0.05) is 26.2 Å². The largest absolute Gasteiger partial charge is 0.367 e. The lowest BCUT2D eigenvalue weighted by Gasteiger charge is -2.36. The standard InChI is InChI=1S/C17H17FN4O2/c1-11-16(12(2)24-20-11)17(23)22-8-6-21(7-9-22)15-5-3-4-14(18)13(15)10-19/h3-5H,6-9H2,1-2H3. The van der Waals surface area contributed by atoms with Crippen LogP contribution in [0.15, 0.2) is 22.7 Å². The molecule has 0 bridgehead atoms. The number of piperazine rings is 1. The summed E-state index contributed by atoms with van der Waals surface area (Å²) in [7, 11) is 0. The predicted octanol–water partition coefficient (Wildman–Crippen LogP) is 2.26. The van der Waals surface area contributed by atoms with Crippen LogP contribution in [0.25, 0.3) is 0 Å². The molecule has 0 radical (unpaired) electrons. The van der Waals surface area contributed by atoms with Gasteiger partial charge in [0.25, 0.3) is 5.91 Å². The molecule has 1 aromatic carbocycles. The van der Waals surface area contributed by atoms with Gasteiger partial charge in [0.2, 0.25) is 0 Å². The molecule has 0 aliphatic carbocycles. The van der Waals surface area contributed by atoms with E-state index in [2.05, 4.69) is 5.16 Å². The number of hydrogen-bond acceptors (Lipinski definition) is 5. The topological polar surface area (TPSA) is 73.4 Å². The first-order valence-corrected chi connectivity index (χ1v) is 7.68. The minimum atomic E-state index is -0.524. The fraction of sp³-hybridized carbons (Fsp3) is 0.353. The van der Waals surface area contributed by atoms with Crippen molar-refractivity contribution in [2.45, 2.75) is 13.8 Å². The first-order chi connectivity index (χ1) is 11.5. The second-order valence-electron chi connectivity index (χ2n) is 5.72. The summed E-state index contributed by atoms with van der Waals surface area (Å²) in [5.41, 5.74) is 1.70. The summed E-state index contributed by atoms with van der Waals surface area (Å²) in [6.07, 6.45) is 0. The third kappa shape index (κ3) is 2.71. The lowest BCUT2D eigenvalue weighted by atomic mass is 10.1. The maximum Gasteiger partial charge on any atom is 0.259 e. The van der Waals surface area contributed by atoms with E-state index in [1.807, 2.05) is 11.0 Å². The molecule has 0 saturated carbocycles. The number of carbonyl (C=O) groups is 1. The van der Waals surface area contributed by atoms with Crippen molar-refractivity contribution in [1.29, 1.82) is 5.26 Å². The molecule has 124 valence electrons. The number of benzene rings is 1. The Morgan fingerprint density at radius 1 is 1.29 bits per heavy atom.